The largest absolute Gasteiger partial charge is 0.493 e. The van der Waals surface area contributed by atoms with Crippen molar-refractivity contribution in [2.75, 3.05) is 27.3 Å². The summed E-state index contributed by atoms with van der Waals surface area (Å²) in [5, 5.41) is 1.33. The molecule has 2 aromatic carbocycles. The first-order valence-corrected chi connectivity index (χ1v) is 8.77. The second-order valence-corrected chi connectivity index (χ2v) is 6.69. The van der Waals surface area contributed by atoms with E-state index in [4.69, 9.17) is 9.47 Å². The Balaban J connectivity index is 1.48. The number of para-hydroxylation sites is 1. The maximum Gasteiger partial charge on any atom is 0.160 e. The monoisotopic (exact) mass is 336 g/mol. The van der Waals surface area contributed by atoms with Crippen LogP contribution in [0.1, 0.15) is 23.5 Å². The van der Waals surface area contributed by atoms with E-state index in [1.807, 2.05) is 6.07 Å². The molecule has 0 radical (unpaired) electrons. The van der Waals surface area contributed by atoms with Gasteiger partial charge in [0, 0.05) is 30.2 Å². The molecule has 1 aromatic heterocycles. The molecule has 1 atom stereocenters. The molecule has 0 saturated carbocycles. The summed E-state index contributed by atoms with van der Waals surface area (Å²) in [4.78, 5) is 5.91. The lowest BCUT2D eigenvalue weighted by Crippen LogP contribution is -2.19. The van der Waals surface area contributed by atoms with Crippen LogP contribution in [0.2, 0.25) is 0 Å². The minimum absolute atomic E-state index is 0.546. The topological polar surface area (TPSA) is 37.5 Å². The SMILES string of the molecule is COc1ccc(C2CCN(Cc3c[nH]c4ccccc34)C2)cc1OC. The van der Waals surface area contributed by atoms with E-state index in [9.17, 15) is 0 Å². The van der Waals surface area contributed by atoms with Crippen LogP contribution < -0.4 is 9.47 Å². The van der Waals surface area contributed by atoms with Crippen LogP contribution in [0.4, 0.5) is 0 Å². The smallest absolute Gasteiger partial charge is 0.160 e. The van der Waals surface area contributed by atoms with Crippen molar-refractivity contribution in [2.24, 2.45) is 0 Å². The lowest BCUT2D eigenvalue weighted by atomic mass is 9.98. The fraction of sp³-hybridized carbons (Fsp3) is 0.333. The summed E-state index contributed by atoms with van der Waals surface area (Å²) >= 11 is 0. The van der Waals surface area contributed by atoms with Crippen LogP contribution in [0, 0.1) is 0 Å². The van der Waals surface area contributed by atoms with Gasteiger partial charge in [0.05, 0.1) is 14.2 Å². The molecule has 4 heteroatoms. The number of hydrogen-bond donors (Lipinski definition) is 1. The highest BCUT2D eigenvalue weighted by Gasteiger charge is 2.25. The summed E-state index contributed by atoms with van der Waals surface area (Å²) in [6.07, 6.45) is 3.33. The highest BCUT2D eigenvalue weighted by molar-refractivity contribution is 5.82. The first kappa shape index (κ1) is 16.0. The van der Waals surface area contributed by atoms with E-state index in [2.05, 4.69) is 52.5 Å². The third-order valence-electron chi connectivity index (χ3n) is 5.22. The van der Waals surface area contributed by atoms with Crippen molar-refractivity contribution in [1.29, 1.82) is 0 Å². The van der Waals surface area contributed by atoms with Crippen LogP contribution in [-0.2, 0) is 6.54 Å². The normalized spacial score (nSPS) is 17.9. The van der Waals surface area contributed by atoms with E-state index < -0.39 is 0 Å². The van der Waals surface area contributed by atoms with Crippen molar-refractivity contribution in [3.63, 3.8) is 0 Å². The lowest BCUT2D eigenvalue weighted by Gasteiger charge is -2.17. The highest BCUT2D eigenvalue weighted by Crippen LogP contribution is 2.35. The Morgan fingerprint density at radius 1 is 1.08 bits per heavy atom. The van der Waals surface area contributed by atoms with Crippen LogP contribution in [0.3, 0.4) is 0 Å². The molecule has 1 aliphatic rings. The van der Waals surface area contributed by atoms with Crippen LogP contribution >= 0.6 is 0 Å². The predicted molar refractivity (Wildman–Crippen MR) is 100 cm³/mol. The van der Waals surface area contributed by atoms with Crippen molar-refractivity contribution in [1.82, 2.24) is 9.88 Å². The minimum Gasteiger partial charge on any atom is -0.493 e. The number of fused-ring (bicyclic) bond motifs is 1. The van der Waals surface area contributed by atoms with Crippen molar-refractivity contribution in [2.45, 2.75) is 18.9 Å². The number of likely N-dealkylation sites (tertiary alicyclic amines) is 1. The Morgan fingerprint density at radius 3 is 2.76 bits per heavy atom. The number of H-pyrrole nitrogens is 1. The highest BCUT2D eigenvalue weighted by atomic mass is 16.5. The van der Waals surface area contributed by atoms with Gasteiger partial charge in [0.25, 0.3) is 0 Å². The molecule has 1 N–H and O–H groups in total. The molecule has 0 bridgehead atoms. The second-order valence-electron chi connectivity index (χ2n) is 6.69. The zero-order chi connectivity index (χ0) is 17.2. The Hall–Kier alpha value is -2.46. The van der Waals surface area contributed by atoms with E-state index in [1.54, 1.807) is 14.2 Å². The molecule has 0 spiro atoms. The van der Waals surface area contributed by atoms with E-state index >= 15 is 0 Å². The van der Waals surface area contributed by atoms with Gasteiger partial charge in [-0.3, -0.25) is 4.90 Å². The summed E-state index contributed by atoms with van der Waals surface area (Å²) in [5.41, 5.74) is 3.93. The quantitative estimate of drug-likeness (QED) is 0.760. The molecular formula is C21H24N2O2. The standard InChI is InChI=1S/C21H24N2O2/c1-24-20-8-7-15(11-21(20)25-2)16-9-10-23(13-16)14-17-12-22-19-6-4-3-5-18(17)19/h3-8,11-12,16,22H,9-10,13-14H2,1-2H3. The van der Waals surface area contributed by atoms with Gasteiger partial charge in [-0.25, -0.2) is 0 Å². The predicted octanol–water partition coefficient (Wildman–Crippen LogP) is 4.17. The minimum atomic E-state index is 0.546. The Kier molecular flexibility index (Phi) is 4.36. The Bertz CT molecular complexity index is 871. The lowest BCUT2D eigenvalue weighted by molar-refractivity contribution is 0.327. The number of nitrogens with zero attached hydrogens (tertiary/aromatic N) is 1. The van der Waals surface area contributed by atoms with Gasteiger partial charge in [-0.2, -0.15) is 0 Å². The zero-order valence-corrected chi connectivity index (χ0v) is 14.8. The number of benzene rings is 2. The molecular weight excluding hydrogens is 312 g/mol. The third-order valence-corrected chi connectivity index (χ3v) is 5.22. The van der Waals surface area contributed by atoms with Crippen LogP contribution in [0.15, 0.2) is 48.7 Å². The summed E-state index contributed by atoms with van der Waals surface area (Å²) in [5.74, 6) is 2.15. The fourth-order valence-electron chi connectivity index (χ4n) is 3.86. The summed E-state index contributed by atoms with van der Waals surface area (Å²) in [6, 6.07) is 14.8. The van der Waals surface area contributed by atoms with E-state index in [1.165, 1.54) is 28.5 Å². The summed E-state index contributed by atoms with van der Waals surface area (Å²) in [6.45, 7) is 3.20. The maximum atomic E-state index is 5.45. The molecule has 2 heterocycles. The van der Waals surface area contributed by atoms with Gasteiger partial charge in [0.15, 0.2) is 11.5 Å². The van der Waals surface area contributed by atoms with E-state index in [0.29, 0.717) is 5.92 Å². The fourth-order valence-corrected chi connectivity index (χ4v) is 3.86. The van der Waals surface area contributed by atoms with E-state index in [0.717, 1.165) is 31.1 Å². The summed E-state index contributed by atoms with van der Waals surface area (Å²) in [7, 11) is 3.37. The van der Waals surface area contributed by atoms with Crippen LogP contribution in [0.25, 0.3) is 10.9 Å². The van der Waals surface area contributed by atoms with Crippen molar-refractivity contribution in [3.05, 3.63) is 59.8 Å². The number of ether oxygens (including phenoxy) is 2. The van der Waals surface area contributed by atoms with E-state index in [-0.39, 0.29) is 0 Å². The first-order valence-electron chi connectivity index (χ1n) is 8.77. The van der Waals surface area contributed by atoms with Gasteiger partial charge < -0.3 is 14.5 Å². The first-order chi connectivity index (χ1) is 12.3. The number of rotatable bonds is 5. The maximum absolute atomic E-state index is 5.45. The molecule has 0 amide bonds. The molecule has 4 rings (SSSR count). The molecule has 1 unspecified atom stereocenters. The molecule has 25 heavy (non-hydrogen) atoms. The Morgan fingerprint density at radius 2 is 1.92 bits per heavy atom. The molecule has 4 nitrogen and oxygen atoms in total. The van der Waals surface area contributed by atoms with Crippen LogP contribution in [-0.4, -0.2) is 37.2 Å². The van der Waals surface area contributed by atoms with Gasteiger partial charge in [0.1, 0.15) is 0 Å². The molecule has 1 fully saturated rings. The Labute approximate surface area is 148 Å². The number of aromatic amines is 1. The molecule has 1 aliphatic heterocycles. The number of hydrogen-bond acceptors (Lipinski definition) is 3. The second kappa shape index (κ2) is 6.81. The van der Waals surface area contributed by atoms with Gasteiger partial charge in [0.2, 0.25) is 0 Å². The summed E-state index contributed by atoms with van der Waals surface area (Å²) < 4.78 is 10.8. The molecule has 1 saturated heterocycles. The van der Waals surface area contributed by atoms with Gasteiger partial charge in [-0.1, -0.05) is 24.3 Å². The molecule has 130 valence electrons. The molecule has 3 aromatic rings. The molecule has 0 aliphatic carbocycles. The van der Waals surface area contributed by atoms with Crippen LogP contribution in [0.5, 0.6) is 11.5 Å². The van der Waals surface area contributed by atoms with Crippen molar-refractivity contribution >= 4 is 10.9 Å². The zero-order valence-electron chi connectivity index (χ0n) is 14.8. The number of aromatic nitrogens is 1. The number of methoxy groups -OCH3 is 2. The van der Waals surface area contributed by atoms with Gasteiger partial charge in [-0.05, 0) is 48.2 Å². The number of nitrogens with one attached hydrogen (secondary N) is 1. The third kappa shape index (κ3) is 3.10. The van der Waals surface area contributed by atoms with Crippen molar-refractivity contribution < 1.29 is 9.47 Å². The average molecular weight is 336 g/mol. The van der Waals surface area contributed by atoms with Gasteiger partial charge >= 0.3 is 0 Å². The van der Waals surface area contributed by atoms with Crippen molar-refractivity contribution in [3.8, 4) is 11.5 Å². The van der Waals surface area contributed by atoms with Gasteiger partial charge in [-0.15, -0.1) is 0 Å². The average Bonchev–Trinajstić information content (AvgIpc) is 3.29.